The number of anilines is 2. The second kappa shape index (κ2) is 5.60. The number of amides is 1. The normalized spacial score (nSPS) is 10.2. The Hall–Kier alpha value is -2.57. The van der Waals surface area contributed by atoms with Gasteiger partial charge in [-0.1, -0.05) is 0 Å². The van der Waals surface area contributed by atoms with Crippen LogP contribution in [-0.4, -0.2) is 17.9 Å². The van der Waals surface area contributed by atoms with Gasteiger partial charge in [-0.05, 0) is 12.1 Å². The Morgan fingerprint density at radius 3 is 2.40 bits per heavy atom. The van der Waals surface area contributed by atoms with Gasteiger partial charge < -0.3 is 10.6 Å². The molecule has 0 saturated carbocycles. The van der Waals surface area contributed by atoms with E-state index >= 15 is 0 Å². The molecule has 7 heteroatoms. The summed E-state index contributed by atoms with van der Waals surface area (Å²) in [6.45, 7) is 0. The molecule has 0 aliphatic rings. The molecule has 1 heterocycles. The fraction of sp³-hybridized carbons (Fsp3) is 0.0769. The Labute approximate surface area is 112 Å². The van der Waals surface area contributed by atoms with Crippen molar-refractivity contribution in [2.45, 2.75) is 0 Å². The van der Waals surface area contributed by atoms with E-state index in [2.05, 4.69) is 15.6 Å². The summed E-state index contributed by atoms with van der Waals surface area (Å²) >= 11 is 0. The molecule has 0 atom stereocenters. The number of aromatic nitrogens is 1. The van der Waals surface area contributed by atoms with Crippen LogP contribution in [0.1, 0.15) is 10.5 Å². The molecule has 2 aromatic rings. The van der Waals surface area contributed by atoms with Crippen molar-refractivity contribution in [1.82, 2.24) is 4.98 Å². The highest BCUT2D eigenvalue weighted by Gasteiger charge is 2.14. The van der Waals surface area contributed by atoms with Gasteiger partial charge in [-0.3, -0.25) is 4.79 Å². The van der Waals surface area contributed by atoms with Gasteiger partial charge in [0.2, 0.25) is 0 Å². The SMILES string of the molecule is CNc1ccc(C(=O)Nc2cc(F)c(F)cc2F)nc1. The lowest BCUT2D eigenvalue weighted by atomic mass is 10.2. The zero-order valence-corrected chi connectivity index (χ0v) is 10.4. The van der Waals surface area contributed by atoms with Gasteiger partial charge >= 0.3 is 0 Å². The molecule has 2 N–H and O–H groups in total. The Morgan fingerprint density at radius 1 is 1.10 bits per heavy atom. The van der Waals surface area contributed by atoms with E-state index in [4.69, 9.17) is 0 Å². The predicted molar refractivity (Wildman–Crippen MR) is 68.1 cm³/mol. The summed E-state index contributed by atoms with van der Waals surface area (Å²) in [5.74, 6) is -4.36. The molecule has 0 aliphatic heterocycles. The van der Waals surface area contributed by atoms with Crippen molar-refractivity contribution >= 4 is 17.3 Å². The highest BCUT2D eigenvalue weighted by atomic mass is 19.2. The number of carbonyl (C=O) groups is 1. The lowest BCUT2D eigenvalue weighted by molar-refractivity contribution is 0.102. The second-order valence-electron chi connectivity index (χ2n) is 3.88. The van der Waals surface area contributed by atoms with Crippen LogP contribution in [0.15, 0.2) is 30.5 Å². The predicted octanol–water partition coefficient (Wildman–Crippen LogP) is 2.79. The Bertz CT molecular complexity index is 644. The second-order valence-corrected chi connectivity index (χ2v) is 3.88. The standard InChI is InChI=1S/C13H10F3N3O/c1-17-7-2-3-11(18-6-7)13(20)19-12-5-9(15)8(14)4-10(12)16/h2-6,17H,1H3,(H,19,20). The summed E-state index contributed by atoms with van der Waals surface area (Å²) < 4.78 is 39.1. The maximum Gasteiger partial charge on any atom is 0.274 e. The number of pyridine rings is 1. The lowest BCUT2D eigenvalue weighted by Crippen LogP contribution is -2.15. The fourth-order valence-electron chi connectivity index (χ4n) is 1.48. The average Bonchev–Trinajstić information content (AvgIpc) is 2.44. The summed E-state index contributed by atoms with van der Waals surface area (Å²) in [6.07, 6.45) is 1.41. The van der Waals surface area contributed by atoms with E-state index in [0.717, 1.165) is 0 Å². The Balaban J connectivity index is 2.20. The van der Waals surface area contributed by atoms with Crippen molar-refractivity contribution in [3.63, 3.8) is 0 Å². The van der Waals surface area contributed by atoms with Gasteiger partial charge in [-0.25, -0.2) is 18.2 Å². The fourth-order valence-corrected chi connectivity index (χ4v) is 1.48. The van der Waals surface area contributed by atoms with Crippen LogP contribution in [0.5, 0.6) is 0 Å². The first kappa shape index (κ1) is 13.9. The smallest absolute Gasteiger partial charge is 0.274 e. The van der Waals surface area contributed by atoms with Gasteiger partial charge in [0.15, 0.2) is 11.6 Å². The zero-order chi connectivity index (χ0) is 14.7. The zero-order valence-electron chi connectivity index (χ0n) is 10.4. The van der Waals surface area contributed by atoms with E-state index in [1.165, 1.54) is 12.3 Å². The van der Waals surface area contributed by atoms with Crippen LogP contribution in [0, 0.1) is 17.5 Å². The van der Waals surface area contributed by atoms with Crippen LogP contribution in [0.4, 0.5) is 24.5 Å². The molecule has 0 fully saturated rings. The molecule has 0 radical (unpaired) electrons. The molecule has 20 heavy (non-hydrogen) atoms. The van der Waals surface area contributed by atoms with Gasteiger partial charge in [-0.15, -0.1) is 0 Å². The molecule has 0 bridgehead atoms. The van der Waals surface area contributed by atoms with E-state index in [1.54, 1.807) is 13.1 Å². The van der Waals surface area contributed by atoms with E-state index in [0.29, 0.717) is 17.8 Å². The van der Waals surface area contributed by atoms with Gasteiger partial charge in [0.25, 0.3) is 5.91 Å². The minimum absolute atomic E-state index is 0.0214. The molecule has 0 aliphatic carbocycles. The van der Waals surface area contributed by atoms with E-state index < -0.39 is 29.0 Å². The molecule has 1 aromatic heterocycles. The number of halogens is 3. The van der Waals surface area contributed by atoms with Crippen molar-refractivity contribution in [3.05, 3.63) is 53.6 Å². The minimum Gasteiger partial charge on any atom is -0.387 e. The third-order valence-electron chi connectivity index (χ3n) is 2.54. The molecule has 2 rings (SSSR count). The number of carbonyl (C=O) groups excluding carboxylic acids is 1. The third kappa shape index (κ3) is 2.87. The summed E-state index contributed by atoms with van der Waals surface area (Å²) in [5.41, 5.74) is 0.266. The van der Waals surface area contributed by atoms with E-state index in [1.807, 2.05) is 0 Å². The van der Waals surface area contributed by atoms with E-state index in [9.17, 15) is 18.0 Å². The van der Waals surface area contributed by atoms with Crippen molar-refractivity contribution in [3.8, 4) is 0 Å². The number of benzene rings is 1. The minimum atomic E-state index is -1.32. The number of rotatable bonds is 3. The van der Waals surface area contributed by atoms with Crippen LogP contribution in [0.3, 0.4) is 0 Å². The lowest BCUT2D eigenvalue weighted by Gasteiger charge is -2.07. The maximum atomic E-state index is 13.4. The molecule has 1 aromatic carbocycles. The highest BCUT2D eigenvalue weighted by Crippen LogP contribution is 2.19. The topological polar surface area (TPSA) is 54.0 Å². The monoisotopic (exact) mass is 281 g/mol. The first-order chi connectivity index (χ1) is 9.51. The molecular weight excluding hydrogens is 271 g/mol. The Kier molecular flexibility index (Phi) is 3.88. The number of nitrogens with one attached hydrogen (secondary N) is 2. The van der Waals surface area contributed by atoms with Crippen LogP contribution in [0.2, 0.25) is 0 Å². The van der Waals surface area contributed by atoms with Crippen molar-refractivity contribution in [2.24, 2.45) is 0 Å². The van der Waals surface area contributed by atoms with Crippen LogP contribution in [0.25, 0.3) is 0 Å². The van der Waals surface area contributed by atoms with Gasteiger partial charge in [0.05, 0.1) is 17.6 Å². The van der Waals surface area contributed by atoms with Crippen LogP contribution < -0.4 is 10.6 Å². The van der Waals surface area contributed by atoms with Gasteiger partial charge in [0, 0.05) is 19.2 Å². The number of hydrogen-bond acceptors (Lipinski definition) is 3. The average molecular weight is 281 g/mol. The third-order valence-corrected chi connectivity index (χ3v) is 2.54. The quantitative estimate of drug-likeness (QED) is 0.851. The number of hydrogen-bond donors (Lipinski definition) is 2. The van der Waals surface area contributed by atoms with Crippen LogP contribution >= 0.6 is 0 Å². The first-order valence-corrected chi connectivity index (χ1v) is 5.61. The molecule has 0 spiro atoms. The van der Waals surface area contributed by atoms with Gasteiger partial charge in [0.1, 0.15) is 11.5 Å². The molecular formula is C13H10F3N3O. The summed E-state index contributed by atoms with van der Waals surface area (Å²) in [5, 5.41) is 4.95. The molecule has 1 amide bonds. The van der Waals surface area contributed by atoms with Crippen molar-refractivity contribution in [1.29, 1.82) is 0 Å². The van der Waals surface area contributed by atoms with Crippen molar-refractivity contribution < 1.29 is 18.0 Å². The molecule has 104 valence electrons. The van der Waals surface area contributed by atoms with Crippen molar-refractivity contribution in [2.75, 3.05) is 17.7 Å². The first-order valence-electron chi connectivity index (χ1n) is 5.61. The number of nitrogens with zero attached hydrogens (tertiary/aromatic N) is 1. The highest BCUT2D eigenvalue weighted by molar-refractivity contribution is 6.03. The molecule has 0 unspecified atom stereocenters. The largest absolute Gasteiger partial charge is 0.387 e. The molecule has 0 saturated heterocycles. The van der Waals surface area contributed by atoms with Gasteiger partial charge in [-0.2, -0.15) is 0 Å². The summed E-state index contributed by atoms with van der Waals surface area (Å²) in [4.78, 5) is 15.6. The maximum absolute atomic E-state index is 13.4. The van der Waals surface area contributed by atoms with E-state index in [-0.39, 0.29) is 5.69 Å². The van der Waals surface area contributed by atoms with Crippen LogP contribution in [-0.2, 0) is 0 Å². The summed E-state index contributed by atoms with van der Waals surface area (Å²) in [7, 11) is 1.69. The Morgan fingerprint density at radius 2 is 1.80 bits per heavy atom. The summed E-state index contributed by atoms with van der Waals surface area (Å²) in [6, 6.07) is 3.95. The molecule has 4 nitrogen and oxygen atoms in total.